The molecule has 1 fully saturated rings. The smallest absolute Gasteiger partial charge is 0.340 e. The molecule has 0 amide bonds. The van der Waals surface area contributed by atoms with E-state index in [1.807, 2.05) is 19.1 Å². The third-order valence-electron chi connectivity index (χ3n) is 5.70. The maximum atomic E-state index is 12.7. The summed E-state index contributed by atoms with van der Waals surface area (Å²) < 4.78 is 17.7. The molecule has 0 aliphatic carbocycles. The van der Waals surface area contributed by atoms with E-state index in [0.29, 0.717) is 17.0 Å². The molecule has 0 aromatic heterocycles. The van der Waals surface area contributed by atoms with Crippen LogP contribution in [-0.2, 0) is 14.2 Å². The molecule has 5 heteroatoms. The van der Waals surface area contributed by atoms with E-state index in [0.717, 1.165) is 6.42 Å². The molecular formula is C25H30O5. The normalized spacial score (nSPS) is 26.2. The van der Waals surface area contributed by atoms with Crippen LogP contribution in [0, 0.1) is 17.8 Å². The Morgan fingerprint density at radius 1 is 0.833 bits per heavy atom. The zero-order valence-electron chi connectivity index (χ0n) is 18.0. The number of hydrogen-bond acceptors (Lipinski definition) is 5. The maximum absolute atomic E-state index is 12.7. The molecule has 0 N–H and O–H groups in total. The monoisotopic (exact) mass is 410 g/mol. The van der Waals surface area contributed by atoms with Gasteiger partial charge < -0.3 is 14.2 Å². The summed E-state index contributed by atoms with van der Waals surface area (Å²) in [4.78, 5) is 25.4. The van der Waals surface area contributed by atoms with E-state index >= 15 is 0 Å². The minimum Gasteiger partial charge on any atom is -0.452 e. The van der Waals surface area contributed by atoms with Crippen molar-refractivity contribution in [3.8, 4) is 0 Å². The average molecular weight is 411 g/mol. The van der Waals surface area contributed by atoms with E-state index in [1.165, 1.54) is 0 Å². The Labute approximate surface area is 178 Å². The van der Waals surface area contributed by atoms with Gasteiger partial charge in [0.05, 0.1) is 17.2 Å². The predicted octanol–water partition coefficient (Wildman–Crippen LogP) is 5.11. The third-order valence-corrected chi connectivity index (χ3v) is 5.70. The largest absolute Gasteiger partial charge is 0.452 e. The second-order valence-electron chi connectivity index (χ2n) is 8.40. The molecule has 160 valence electrons. The quantitative estimate of drug-likeness (QED) is 0.619. The molecule has 5 atom stereocenters. The van der Waals surface area contributed by atoms with Crippen molar-refractivity contribution in [2.75, 3.05) is 0 Å². The van der Waals surface area contributed by atoms with Crippen LogP contribution in [0.25, 0.3) is 0 Å². The summed E-state index contributed by atoms with van der Waals surface area (Å²) in [7, 11) is 0. The van der Waals surface area contributed by atoms with Gasteiger partial charge in [0.15, 0.2) is 6.10 Å². The predicted molar refractivity (Wildman–Crippen MR) is 114 cm³/mol. The van der Waals surface area contributed by atoms with E-state index in [4.69, 9.17) is 14.2 Å². The maximum Gasteiger partial charge on any atom is 0.340 e. The van der Waals surface area contributed by atoms with Crippen molar-refractivity contribution in [1.82, 2.24) is 0 Å². The van der Waals surface area contributed by atoms with Crippen molar-refractivity contribution in [3.05, 3.63) is 71.8 Å². The molecule has 3 rings (SSSR count). The molecular weight excluding hydrogens is 380 g/mol. The molecule has 2 unspecified atom stereocenters. The first-order valence-corrected chi connectivity index (χ1v) is 10.5. The Bertz CT molecular complexity index is 833. The number of carbonyl (C=O) groups is 2. The lowest BCUT2D eigenvalue weighted by atomic mass is 9.80. The zero-order chi connectivity index (χ0) is 21.7. The molecule has 1 heterocycles. The summed E-state index contributed by atoms with van der Waals surface area (Å²) in [5, 5.41) is 0. The number of carbonyl (C=O) groups excluding carboxylic acids is 2. The Balaban J connectivity index is 1.82. The minimum absolute atomic E-state index is 0.0382. The van der Waals surface area contributed by atoms with Gasteiger partial charge in [-0.2, -0.15) is 0 Å². The Morgan fingerprint density at radius 2 is 1.33 bits per heavy atom. The van der Waals surface area contributed by atoms with Crippen LogP contribution in [0.1, 0.15) is 54.8 Å². The van der Waals surface area contributed by atoms with Gasteiger partial charge in [0.1, 0.15) is 0 Å². The van der Waals surface area contributed by atoms with Crippen LogP contribution in [0.2, 0.25) is 0 Å². The second-order valence-corrected chi connectivity index (χ2v) is 8.40. The van der Waals surface area contributed by atoms with Gasteiger partial charge >= 0.3 is 11.9 Å². The van der Waals surface area contributed by atoms with Crippen molar-refractivity contribution in [3.63, 3.8) is 0 Å². The summed E-state index contributed by atoms with van der Waals surface area (Å²) in [6.07, 6.45) is -0.895. The number of benzene rings is 2. The first kappa shape index (κ1) is 22.0. The van der Waals surface area contributed by atoms with Crippen LogP contribution in [0.15, 0.2) is 60.7 Å². The number of rotatable bonds is 6. The summed E-state index contributed by atoms with van der Waals surface area (Å²) in [5.74, 6) is -0.410. The number of hydrogen-bond donors (Lipinski definition) is 0. The molecule has 30 heavy (non-hydrogen) atoms. The van der Waals surface area contributed by atoms with E-state index < -0.39 is 24.3 Å². The molecule has 2 aromatic rings. The standard InChI is InChI=1S/C25H30O5/c1-16(2)15-21-17(3)18(4)22(29-23(26)19-11-7-5-8-12-19)25(28-21)30-24(27)20-13-9-6-10-14-20/h5-14,16-18,21-22,25H,15H2,1-4H3/t17-,18-,21+,22?,25?/m1/s1. The first-order chi connectivity index (χ1) is 14.4. The number of ether oxygens (including phenoxy) is 3. The topological polar surface area (TPSA) is 61.8 Å². The van der Waals surface area contributed by atoms with Crippen molar-refractivity contribution in [2.45, 2.75) is 52.6 Å². The van der Waals surface area contributed by atoms with Crippen molar-refractivity contribution in [2.24, 2.45) is 17.8 Å². The van der Waals surface area contributed by atoms with Gasteiger partial charge in [-0.05, 0) is 42.5 Å². The van der Waals surface area contributed by atoms with Gasteiger partial charge in [-0.15, -0.1) is 0 Å². The summed E-state index contributed by atoms with van der Waals surface area (Å²) in [6, 6.07) is 17.6. The highest BCUT2D eigenvalue weighted by Gasteiger charge is 2.46. The van der Waals surface area contributed by atoms with E-state index in [9.17, 15) is 9.59 Å². The van der Waals surface area contributed by atoms with Crippen molar-refractivity contribution >= 4 is 11.9 Å². The van der Waals surface area contributed by atoms with Crippen molar-refractivity contribution < 1.29 is 23.8 Å². The van der Waals surface area contributed by atoms with Crippen LogP contribution in [0.5, 0.6) is 0 Å². The Morgan fingerprint density at radius 3 is 1.83 bits per heavy atom. The SMILES string of the molecule is CC(C)C[C@@H]1OC(OC(=O)c2ccccc2)C(OC(=O)c2ccccc2)[C@H](C)[C@H]1C. The van der Waals surface area contributed by atoms with E-state index in [-0.39, 0.29) is 17.9 Å². The first-order valence-electron chi connectivity index (χ1n) is 10.5. The lowest BCUT2D eigenvalue weighted by Crippen LogP contribution is -2.53. The zero-order valence-corrected chi connectivity index (χ0v) is 18.0. The highest BCUT2D eigenvalue weighted by molar-refractivity contribution is 5.90. The molecule has 0 saturated carbocycles. The second kappa shape index (κ2) is 9.90. The fourth-order valence-corrected chi connectivity index (χ4v) is 3.77. The van der Waals surface area contributed by atoms with Crippen LogP contribution >= 0.6 is 0 Å². The van der Waals surface area contributed by atoms with Gasteiger partial charge in [-0.3, -0.25) is 0 Å². The average Bonchev–Trinajstić information content (AvgIpc) is 2.75. The van der Waals surface area contributed by atoms with Crippen LogP contribution in [0.4, 0.5) is 0 Å². The molecule has 1 aliphatic rings. The highest BCUT2D eigenvalue weighted by atomic mass is 16.7. The van der Waals surface area contributed by atoms with Crippen LogP contribution < -0.4 is 0 Å². The molecule has 0 spiro atoms. The van der Waals surface area contributed by atoms with Gasteiger partial charge in [-0.1, -0.05) is 64.1 Å². The molecule has 5 nitrogen and oxygen atoms in total. The Kier molecular flexibility index (Phi) is 7.27. The van der Waals surface area contributed by atoms with Gasteiger partial charge in [0.25, 0.3) is 0 Å². The fourth-order valence-electron chi connectivity index (χ4n) is 3.77. The minimum atomic E-state index is -0.958. The molecule has 1 saturated heterocycles. The molecule has 0 radical (unpaired) electrons. The Hall–Kier alpha value is -2.66. The van der Waals surface area contributed by atoms with Gasteiger partial charge in [-0.25, -0.2) is 9.59 Å². The van der Waals surface area contributed by atoms with Crippen LogP contribution in [0.3, 0.4) is 0 Å². The van der Waals surface area contributed by atoms with E-state index in [1.54, 1.807) is 48.5 Å². The van der Waals surface area contributed by atoms with E-state index in [2.05, 4.69) is 20.8 Å². The van der Waals surface area contributed by atoms with Gasteiger partial charge in [0.2, 0.25) is 6.29 Å². The van der Waals surface area contributed by atoms with Gasteiger partial charge in [0, 0.05) is 5.92 Å². The third kappa shape index (κ3) is 5.28. The molecule has 2 aromatic carbocycles. The van der Waals surface area contributed by atoms with Crippen LogP contribution in [-0.4, -0.2) is 30.4 Å². The lowest BCUT2D eigenvalue weighted by molar-refractivity contribution is -0.251. The highest BCUT2D eigenvalue weighted by Crippen LogP contribution is 2.36. The summed E-state index contributed by atoms with van der Waals surface area (Å²) >= 11 is 0. The fraction of sp³-hybridized carbons (Fsp3) is 0.440. The summed E-state index contributed by atoms with van der Waals surface area (Å²) in [5.41, 5.74) is 0.885. The molecule has 0 bridgehead atoms. The molecule has 1 aliphatic heterocycles. The number of esters is 2. The van der Waals surface area contributed by atoms with Crippen molar-refractivity contribution in [1.29, 1.82) is 0 Å². The lowest BCUT2D eigenvalue weighted by Gasteiger charge is -2.44. The summed E-state index contributed by atoms with van der Waals surface area (Å²) in [6.45, 7) is 8.38.